The molecule has 4 heterocycles. The molecule has 3 aliphatic heterocycles. The summed E-state index contributed by atoms with van der Waals surface area (Å²) in [5.74, 6) is -0.309. The van der Waals surface area contributed by atoms with Crippen LogP contribution in [0.4, 0.5) is 0 Å². The molecule has 12 heteroatoms. The van der Waals surface area contributed by atoms with E-state index in [1.54, 1.807) is 47.9 Å². The fraction of sp³-hybridized carbons (Fsp3) is 0.394. The quantitative estimate of drug-likeness (QED) is 0.340. The van der Waals surface area contributed by atoms with E-state index in [4.69, 9.17) is 4.74 Å². The average Bonchev–Trinajstić information content (AvgIpc) is 3.81. The van der Waals surface area contributed by atoms with Crippen LogP contribution >= 0.6 is 11.3 Å². The highest BCUT2D eigenvalue weighted by Gasteiger charge is 2.39. The lowest BCUT2D eigenvalue weighted by atomic mass is 9.89. The van der Waals surface area contributed by atoms with Crippen LogP contribution in [-0.4, -0.2) is 88.6 Å². The molecule has 45 heavy (non-hydrogen) atoms. The number of hydrogen-bond donors (Lipinski definition) is 1. The number of rotatable bonds is 10. The Morgan fingerprint density at radius 1 is 1.02 bits per heavy atom. The normalized spacial score (nSPS) is 19.0. The van der Waals surface area contributed by atoms with Crippen molar-refractivity contribution in [2.45, 2.75) is 50.7 Å². The Bertz CT molecular complexity index is 1590. The Morgan fingerprint density at radius 3 is 2.51 bits per heavy atom. The van der Waals surface area contributed by atoms with E-state index >= 15 is 0 Å². The van der Waals surface area contributed by atoms with Crippen LogP contribution in [0.15, 0.2) is 54.2 Å². The smallest absolute Gasteiger partial charge is 0.265 e. The monoisotopic (exact) mass is 629 g/mol. The molecule has 0 spiro atoms. The van der Waals surface area contributed by atoms with Crippen LogP contribution in [0.1, 0.15) is 79.7 Å². The first-order chi connectivity index (χ1) is 21.9. The standard InChI is InChI=1S/C33H35N5O6S/c1-34-28(39)10-5-11-29(40)37-16-12-21-6-4-9-26(44-22-13-15-36(19-22)33(43)27-18-35-20-45-27)30(21)25(37)14-17-38-31(41)23-7-2-3-8-24(23)32(38)42/h2-4,6-9,18,20,22,25H,5,10-17,19H2,1H3,(H,34,39)/t22-,25+/m0/s1. The summed E-state index contributed by atoms with van der Waals surface area (Å²) in [6.07, 6.45) is 3.83. The number of ether oxygens (including phenoxy) is 1. The average molecular weight is 630 g/mol. The number of aromatic nitrogens is 1. The molecule has 1 fully saturated rings. The number of benzene rings is 2. The van der Waals surface area contributed by atoms with Crippen LogP contribution in [0.25, 0.3) is 0 Å². The number of imide groups is 1. The van der Waals surface area contributed by atoms with E-state index in [1.165, 1.54) is 16.2 Å². The first-order valence-electron chi connectivity index (χ1n) is 15.3. The molecule has 2 aromatic carbocycles. The number of nitrogens with zero attached hydrogens (tertiary/aromatic N) is 4. The van der Waals surface area contributed by atoms with E-state index in [9.17, 15) is 24.0 Å². The summed E-state index contributed by atoms with van der Waals surface area (Å²) in [6.45, 7) is 1.60. The first kappa shape index (κ1) is 30.4. The summed E-state index contributed by atoms with van der Waals surface area (Å²) >= 11 is 1.31. The van der Waals surface area contributed by atoms with Gasteiger partial charge in [0.25, 0.3) is 17.7 Å². The van der Waals surface area contributed by atoms with Crippen molar-refractivity contribution in [2.75, 3.05) is 33.2 Å². The van der Waals surface area contributed by atoms with Gasteiger partial charge in [-0.1, -0.05) is 24.3 Å². The van der Waals surface area contributed by atoms with Crippen LogP contribution in [0.2, 0.25) is 0 Å². The Morgan fingerprint density at radius 2 is 1.80 bits per heavy atom. The van der Waals surface area contributed by atoms with Crippen molar-refractivity contribution in [3.8, 4) is 5.75 Å². The Hall–Kier alpha value is -4.58. The topological polar surface area (TPSA) is 129 Å². The molecular formula is C33H35N5O6S. The molecule has 11 nitrogen and oxygen atoms in total. The van der Waals surface area contributed by atoms with Gasteiger partial charge in [0.15, 0.2) is 0 Å². The van der Waals surface area contributed by atoms with Gasteiger partial charge in [-0.2, -0.15) is 0 Å². The highest BCUT2D eigenvalue weighted by Crippen LogP contribution is 2.40. The van der Waals surface area contributed by atoms with Gasteiger partial charge < -0.3 is 19.9 Å². The third-order valence-corrected chi connectivity index (χ3v) is 9.52. The number of hydrogen-bond acceptors (Lipinski definition) is 8. The zero-order valence-corrected chi connectivity index (χ0v) is 25.9. The summed E-state index contributed by atoms with van der Waals surface area (Å²) in [4.78, 5) is 74.1. The van der Waals surface area contributed by atoms with Crippen molar-refractivity contribution < 1.29 is 28.7 Å². The molecule has 1 N–H and O–H groups in total. The molecule has 1 saturated heterocycles. The van der Waals surface area contributed by atoms with E-state index in [0.29, 0.717) is 67.1 Å². The maximum atomic E-state index is 13.6. The van der Waals surface area contributed by atoms with E-state index in [1.807, 2.05) is 23.1 Å². The van der Waals surface area contributed by atoms with Gasteiger partial charge in [-0.3, -0.25) is 33.9 Å². The van der Waals surface area contributed by atoms with Gasteiger partial charge in [0.2, 0.25) is 11.8 Å². The van der Waals surface area contributed by atoms with Crippen molar-refractivity contribution in [1.29, 1.82) is 0 Å². The fourth-order valence-corrected chi connectivity index (χ4v) is 7.05. The Labute approximate surface area is 265 Å². The molecule has 1 aromatic heterocycles. The summed E-state index contributed by atoms with van der Waals surface area (Å²) in [7, 11) is 1.57. The molecule has 0 radical (unpaired) electrons. The minimum Gasteiger partial charge on any atom is -0.488 e. The van der Waals surface area contributed by atoms with Crippen LogP contribution < -0.4 is 10.1 Å². The molecule has 2 atom stereocenters. The van der Waals surface area contributed by atoms with Gasteiger partial charge in [0.05, 0.1) is 35.4 Å². The van der Waals surface area contributed by atoms with Crippen LogP contribution in [0.5, 0.6) is 5.75 Å². The third-order valence-electron chi connectivity index (χ3n) is 8.75. The number of thiazole rings is 1. The molecular weight excluding hydrogens is 594 g/mol. The summed E-state index contributed by atoms with van der Waals surface area (Å²) in [6, 6.07) is 12.2. The van der Waals surface area contributed by atoms with Crippen molar-refractivity contribution in [3.05, 3.63) is 81.3 Å². The molecule has 0 aliphatic carbocycles. The van der Waals surface area contributed by atoms with Gasteiger partial charge in [-0.05, 0) is 43.0 Å². The van der Waals surface area contributed by atoms with Gasteiger partial charge in [0.1, 0.15) is 16.7 Å². The summed E-state index contributed by atoms with van der Waals surface area (Å²) in [5.41, 5.74) is 4.33. The molecule has 234 valence electrons. The van der Waals surface area contributed by atoms with E-state index in [0.717, 1.165) is 11.1 Å². The zero-order chi connectivity index (χ0) is 31.5. The second-order valence-corrected chi connectivity index (χ2v) is 12.3. The van der Waals surface area contributed by atoms with Crippen LogP contribution in [0.3, 0.4) is 0 Å². The predicted molar refractivity (Wildman–Crippen MR) is 166 cm³/mol. The second-order valence-electron chi connectivity index (χ2n) is 11.5. The first-order valence-corrected chi connectivity index (χ1v) is 16.1. The van der Waals surface area contributed by atoms with E-state index in [2.05, 4.69) is 10.3 Å². The maximum Gasteiger partial charge on any atom is 0.265 e. The highest BCUT2D eigenvalue weighted by molar-refractivity contribution is 7.11. The highest BCUT2D eigenvalue weighted by atomic mass is 32.1. The van der Waals surface area contributed by atoms with Gasteiger partial charge in [-0.15, -0.1) is 11.3 Å². The van der Waals surface area contributed by atoms with Crippen molar-refractivity contribution in [3.63, 3.8) is 0 Å². The van der Waals surface area contributed by atoms with Gasteiger partial charge >= 0.3 is 0 Å². The van der Waals surface area contributed by atoms with Crippen LogP contribution in [0, 0.1) is 0 Å². The van der Waals surface area contributed by atoms with Gasteiger partial charge in [-0.25, -0.2) is 0 Å². The van der Waals surface area contributed by atoms with Gasteiger partial charge in [0, 0.05) is 51.5 Å². The number of amides is 5. The SMILES string of the molecule is CNC(=O)CCCC(=O)N1CCc2cccc(O[C@H]3CCN(C(=O)c4cncs4)C3)c2[C@H]1CCN1C(=O)c2ccccc2C1=O. The number of carbonyl (C=O) groups is 5. The fourth-order valence-electron chi connectivity index (χ4n) is 6.47. The summed E-state index contributed by atoms with van der Waals surface area (Å²) < 4.78 is 6.58. The molecule has 6 rings (SSSR count). The summed E-state index contributed by atoms with van der Waals surface area (Å²) in [5, 5.41) is 2.59. The lowest BCUT2D eigenvalue weighted by Gasteiger charge is -2.39. The van der Waals surface area contributed by atoms with Crippen LogP contribution in [-0.2, 0) is 16.0 Å². The third kappa shape index (κ3) is 6.19. The Balaban J connectivity index is 1.24. The molecule has 0 bridgehead atoms. The lowest BCUT2D eigenvalue weighted by molar-refractivity contribution is -0.134. The molecule has 0 unspecified atom stereocenters. The maximum absolute atomic E-state index is 13.6. The van der Waals surface area contributed by atoms with Crippen molar-refractivity contribution in [2.24, 2.45) is 0 Å². The lowest BCUT2D eigenvalue weighted by Crippen LogP contribution is -2.42. The minimum atomic E-state index is -0.446. The number of carbonyl (C=O) groups excluding carboxylic acids is 5. The number of fused-ring (bicyclic) bond motifs is 2. The van der Waals surface area contributed by atoms with E-state index in [-0.39, 0.29) is 55.0 Å². The second kappa shape index (κ2) is 13.2. The number of nitrogens with one attached hydrogen (secondary N) is 1. The number of likely N-dealkylation sites (tertiary alicyclic amines) is 1. The van der Waals surface area contributed by atoms with Crippen molar-refractivity contribution in [1.82, 2.24) is 25.0 Å². The zero-order valence-electron chi connectivity index (χ0n) is 25.1. The molecule has 3 aromatic rings. The largest absolute Gasteiger partial charge is 0.488 e. The minimum absolute atomic E-state index is 0.0639. The molecule has 0 saturated carbocycles. The van der Waals surface area contributed by atoms with E-state index < -0.39 is 6.04 Å². The molecule has 3 aliphatic rings. The predicted octanol–water partition coefficient (Wildman–Crippen LogP) is 3.47. The molecule has 5 amide bonds. The Kier molecular flexibility index (Phi) is 8.92. The van der Waals surface area contributed by atoms with Crippen molar-refractivity contribution >= 4 is 40.9 Å².